The van der Waals surface area contributed by atoms with Crippen molar-refractivity contribution in [1.82, 2.24) is 0 Å². The molecule has 9 aromatic rings. The maximum atomic E-state index is 2.67. The zero-order valence-corrected chi connectivity index (χ0v) is 45.2. The summed E-state index contributed by atoms with van der Waals surface area (Å²) in [5.41, 5.74) is 26.1. The number of nitrogens with zero attached hydrogens (tertiary/aromatic N) is 3. The van der Waals surface area contributed by atoms with Gasteiger partial charge in [0.25, 0.3) is 6.71 Å². The Morgan fingerprint density at radius 3 is 1.47 bits per heavy atom. The van der Waals surface area contributed by atoms with Crippen molar-refractivity contribution in [2.24, 2.45) is 0 Å². The van der Waals surface area contributed by atoms with Crippen molar-refractivity contribution in [1.29, 1.82) is 0 Å². The van der Waals surface area contributed by atoms with Crippen molar-refractivity contribution in [3.8, 4) is 22.3 Å². The van der Waals surface area contributed by atoms with Crippen LogP contribution in [0, 0.1) is 6.92 Å². The third-order valence-corrected chi connectivity index (χ3v) is 16.4. The van der Waals surface area contributed by atoms with Crippen LogP contribution >= 0.6 is 0 Å². The van der Waals surface area contributed by atoms with Gasteiger partial charge >= 0.3 is 0 Å². The molecule has 0 radical (unpaired) electrons. The van der Waals surface area contributed by atoms with Gasteiger partial charge in [-0.3, -0.25) is 0 Å². The number of para-hydroxylation sites is 2. The Bertz CT molecular complexity index is 3580. The van der Waals surface area contributed by atoms with Crippen LogP contribution in [-0.2, 0) is 21.7 Å². The van der Waals surface area contributed by atoms with Crippen LogP contribution < -0.4 is 31.1 Å². The highest BCUT2D eigenvalue weighted by molar-refractivity contribution is 7.00. The number of aryl methyl sites for hydroxylation is 1. The molecule has 3 nitrogen and oxygen atoms in total. The highest BCUT2D eigenvalue weighted by Crippen LogP contribution is 2.54. The molecule has 2 aliphatic heterocycles. The first-order valence-electron chi connectivity index (χ1n) is 26.8. The Hall–Kier alpha value is -7.56. The quantitative estimate of drug-likeness (QED) is 0.147. The Kier molecular flexibility index (Phi) is 11.1. The summed E-state index contributed by atoms with van der Waals surface area (Å²) in [6, 6.07) is 75.7. The van der Waals surface area contributed by atoms with Crippen LogP contribution in [0.2, 0.25) is 0 Å². The summed E-state index contributed by atoms with van der Waals surface area (Å²) in [5.74, 6) is 0. The largest absolute Gasteiger partial charge is 0.311 e. The summed E-state index contributed by atoms with van der Waals surface area (Å²) in [7, 11) is 0. The van der Waals surface area contributed by atoms with Crippen molar-refractivity contribution in [2.45, 2.75) is 104 Å². The molecule has 1 aliphatic carbocycles. The van der Waals surface area contributed by atoms with E-state index in [9.17, 15) is 0 Å². The molecule has 0 aromatic heterocycles. The van der Waals surface area contributed by atoms with E-state index in [0.717, 1.165) is 23.5 Å². The Morgan fingerprint density at radius 2 is 0.905 bits per heavy atom. The van der Waals surface area contributed by atoms with Gasteiger partial charge in [0, 0.05) is 51.1 Å². The minimum atomic E-state index is -0.164. The monoisotopic (exact) mass is 962 g/mol. The van der Waals surface area contributed by atoms with Crippen molar-refractivity contribution in [3.05, 3.63) is 228 Å². The molecule has 0 amide bonds. The van der Waals surface area contributed by atoms with Crippen LogP contribution in [0.1, 0.15) is 103 Å². The fourth-order valence-corrected chi connectivity index (χ4v) is 12.9. The summed E-state index contributed by atoms with van der Waals surface area (Å²) in [6.45, 7) is 26.2. The van der Waals surface area contributed by atoms with Gasteiger partial charge < -0.3 is 14.7 Å². The number of hydrogen-bond acceptors (Lipinski definition) is 3. The number of benzene rings is 9. The van der Waals surface area contributed by atoms with Gasteiger partial charge in [0.2, 0.25) is 0 Å². The lowest BCUT2D eigenvalue weighted by Gasteiger charge is -2.46. The second-order valence-electron chi connectivity index (χ2n) is 24.6. The summed E-state index contributed by atoms with van der Waals surface area (Å²) in [5, 5.41) is 0. The standard InChI is InChI=1S/C70H68BN3/c1-46-38-49(47-24-16-12-17-25-47)32-35-60(46)73-63-44-57-56(69(8,9)45-70(57,10)11)43-59(63)71-58-42-54(72(52-28-20-14-21-29-52)53-30-22-15-23-31-53)34-37-62(58)74(65-41-51(68(5,6)7)40-64(73)66(65)71)61-36-33-50(67(2,3)4)39-55(61)48-26-18-13-19-27-48/h12-44H,45H2,1-11H3. The Morgan fingerprint density at radius 1 is 0.405 bits per heavy atom. The average molecular weight is 962 g/mol. The molecule has 3 aliphatic rings. The lowest BCUT2D eigenvalue weighted by atomic mass is 9.33. The van der Waals surface area contributed by atoms with Crippen LogP contribution in [0.4, 0.5) is 51.2 Å². The molecular formula is C70H68BN3. The van der Waals surface area contributed by atoms with E-state index < -0.39 is 0 Å². The van der Waals surface area contributed by atoms with Gasteiger partial charge in [0.1, 0.15) is 0 Å². The number of rotatable bonds is 7. The van der Waals surface area contributed by atoms with Crippen molar-refractivity contribution < 1.29 is 0 Å². The summed E-state index contributed by atoms with van der Waals surface area (Å²) in [4.78, 5) is 7.74. The van der Waals surface area contributed by atoms with E-state index >= 15 is 0 Å². The van der Waals surface area contributed by atoms with Crippen LogP contribution in [0.3, 0.4) is 0 Å². The molecule has 0 saturated carbocycles. The van der Waals surface area contributed by atoms with Gasteiger partial charge in [-0.15, -0.1) is 0 Å². The van der Waals surface area contributed by atoms with Crippen LogP contribution in [0.5, 0.6) is 0 Å². The molecule has 366 valence electrons. The fourth-order valence-electron chi connectivity index (χ4n) is 12.9. The first-order valence-corrected chi connectivity index (χ1v) is 26.8. The molecule has 4 heteroatoms. The fraction of sp³-hybridized carbons (Fsp3) is 0.229. The minimum absolute atomic E-state index is 0.00218. The highest BCUT2D eigenvalue weighted by Gasteiger charge is 2.49. The van der Waals surface area contributed by atoms with Crippen molar-refractivity contribution in [3.63, 3.8) is 0 Å². The van der Waals surface area contributed by atoms with E-state index in [1.54, 1.807) is 0 Å². The predicted octanol–water partition coefficient (Wildman–Crippen LogP) is 17.4. The lowest BCUT2D eigenvalue weighted by molar-refractivity contribution is 0.403. The number of anilines is 9. The SMILES string of the molecule is Cc1cc(-c2ccccc2)ccc1N1c2cc3c(cc2B2c4cc(N(c5ccccc5)c5ccccc5)ccc4N(c4ccc(C(C)(C)C)cc4-c4ccccc4)c4cc(C(C)(C)C)cc1c42)C(C)(C)CC3(C)C. The molecular weight excluding hydrogens is 894 g/mol. The van der Waals surface area contributed by atoms with Crippen LogP contribution in [-0.4, -0.2) is 6.71 Å². The molecule has 9 aromatic carbocycles. The van der Waals surface area contributed by atoms with E-state index in [4.69, 9.17) is 0 Å². The summed E-state index contributed by atoms with van der Waals surface area (Å²) < 4.78 is 0. The van der Waals surface area contributed by atoms with Gasteiger partial charge in [-0.2, -0.15) is 0 Å². The molecule has 0 unspecified atom stereocenters. The van der Waals surface area contributed by atoms with Gasteiger partial charge in [-0.05, 0) is 181 Å². The maximum absolute atomic E-state index is 2.67. The lowest BCUT2D eigenvalue weighted by Crippen LogP contribution is -2.61. The second kappa shape index (κ2) is 17.3. The predicted molar refractivity (Wildman–Crippen MR) is 319 cm³/mol. The zero-order valence-electron chi connectivity index (χ0n) is 45.2. The van der Waals surface area contributed by atoms with Crippen molar-refractivity contribution >= 4 is 74.3 Å². The Balaban J connectivity index is 1.22. The van der Waals surface area contributed by atoms with Crippen LogP contribution in [0.15, 0.2) is 200 Å². The molecule has 0 fully saturated rings. The minimum Gasteiger partial charge on any atom is -0.311 e. The smallest absolute Gasteiger partial charge is 0.252 e. The number of fused-ring (bicyclic) bond motifs is 5. The molecule has 0 atom stereocenters. The first-order chi connectivity index (χ1) is 35.4. The van der Waals surface area contributed by atoms with E-state index in [1.165, 1.54) is 101 Å². The molecule has 0 saturated heterocycles. The highest BCUT2D eigenvalue weighted by atomic mass is 15.2. The van der Waals surface area contributed by atoms with E-state index in [1.807, 2.05) is 0 Å². The molecule has 74 heavy (non-hydrogen) atoms. The zero-order chi connectivity index (χ0) is 51.5. The van der Waals surface area contributed by atoms with Crippen molar-refractivity contribution in [2.75, 3.05) is 14.7 Å². The van der Waals surface area contributed by atoms with Gasteiger partial charge in [-0.25, -0.2) is 0 Å². The van der Waals surface area contributed by atoms with Gasteiger partial charge in [-0.1, -0.05) is 184 Å². The third kappa shape index (κ3) is 7.88. The molecule has 2 heterocycles. The number of hydrogen-bond donors (Lipinski definition) is 0. The van der Waals surface area contributed by atoms with E-state index in [-0.39, 0.29) is 28.4 Å². The van der Waals surface area contributed by atoms with E-state index in [0.29, 0.717) is 0 Å². The van der Waals surface area contributed by atoms with Gasteiger partial charge in [0.15, 0.2) is 0 Å². The third-order valence-electron chi connectivity index (χ3n) is 16.4. The average Bonchev–Trinajstić information content (AvgIpc) is 3.58. The normalized spacial score (nSPS) is 15.0. The molecule has 12 rings (SSSR count). The second-order valence-corrected chi connectivity index (χ2v) is 24.6. The molecule has 0 N–H and O–H groups in total. The Labute approximate surface area is 441 Å². The van der Waals surface area contributed by atoms with Gasteiger partial charge in [0.05, 0.1) is 5.69 Å². The maximum Gasteiger partial charge on any atom is 0.252 e. The topological polar surface area (TPSA) is 9.72 Å². The summed E-state index contributed by atoms with van der Waals surface area (Å²) in [6.07, 6.45) is 1.09. The summed E-state index contributed by atoms with van der Waals surface area (Å²) >= 11 is 0. The van der Waals surface area contributed by atoms with E-state index in [2.05, 4.69) is 291 Å². The molecule has 0 spiro atoms. The van der Waals surface area contributed by atoms with Crippen LogP contribution in [0.25, 0.3) is 22.3 Å². The first kappa shape index (κ1) is 47.4. The molecule has 0 bridgehead atoms.